The molecule has 1 atom stereocenters. The van der Waals surface area contributed by atoms with E-state index in [2.05, 4.69) is 10.2 Å². The van der Waals surface area contributed by atoms with Gasteiger partial charge in [0.2, 0.25) is 6.79 Å². The van der Waals surface area contributed by atoms with Gasteiger partial charge in [-0.2, -0.15) is 0 Å². The highest BCUT2D eigenvalue weighted by atomic mass is 16.7. The van der Waals surface area contributed by atoms with Crippen LogP contribution in [0, 0.1) is 0 Å². The van der Waals surface area contributed by atoms with Gasteiger partial charge in [-0.25, -0.2) is 0 Å². The number of nitrogens with one attached hydrogen (secondary N) is 1. The minimum absolute atomic E-state index is 0.0223. The van der Waals surface area contributed by atoms with Gasteiger partial charge in [-0.3, -0.25) is 9.69 Å². The summed E-state index contributed by atoms with van der Waals surface area (Å²) < 4.78 is 10.6. The number of ether oxygens (including phenoxy) is 2. The van der Waals surface area contributed by atoms with E-state index < -0.39 is 0 Å². The van der Waals surface area contributed by atoms with E-state index in [0.29, 0.717) is 17.1 Å². The van der Waals surface area contributed by atoms with Gasteiger partial charge in [0, 0.05) is 30.7 Å². The van der Waals surface area contributed by atoms with Crippen LogP contribution in [0.4, 0.5) is 0 Å². The van der Waals surface area contributed by atoms with E-state index in [1.54, 1.807) is 18.2 Å². The molecule has 1 amide bonds. The third kappa shape index (κ3) is 2.22. The minimum Gasteiger partial charge on any atom is -0.454 e. The molecule has 4 rings (SSSR count). The molecule has 106 valence electrons. The van der Waals surface area contributed by atoms with Gasteiger partial charge < -0.3 is 14.8 Å². The first-order valence-corrected chi connectivity index (χ1v) is 7.24. The van der Waals surface area contributed by atoms with E-state index in [9.17, 15) is 4.79 Å². The lowest BCUT2D eigenvalue weighted by Gasteiger charge is -2.15. The zero-order valence-electron chi connectivity index (χ0n) is 11.3. The maximum atomic E-state index is 12.3. The molecule has 0 bridgehead atoms. The number of carbonyl (C=O) groups excluding carboxylic acids is 1. The molecule has 5 heteroatoms. The molecule has 5 nitrogen and oxygen atoms in total. The summed E-state index contributed by atoms with van der Waals surface area (Å²) in [6.07, 6.45) is 3.69. The number of fused-ring (bicyclic) bond motifs is 1. The van der Waals surface area contributed by atoms with Gasteiger partial charge >= 0.3 is 0 Å². The van der Waals surface area contributed by atoms with Crippen LogP contribution in [0.1, 0.15) is 29.6 Å². The highest BCUT2D eigenvalue weighted by Gasteiger charge is 2.34. The van der Waals surface area contributed by atoms with E-state index >= 15 is 0 Å². The highest BCUT2D eigenvalue weighted by Crippen LogP contribution is 2.33. The van der Waals surface area contributed by atoms with Crippen LogP contribution in [-0.2, 0) is 0 Å². The first kappa shape index (κ1) is 12.0. The summed E-state index contributed by atoms with van der Waals surface area (Å²) in [6, 6.07) is 6.39. The standard InChI is InChI=1S/C15H18N2O3/c18-15(10-1-4-13-14(7-10)20-9-19-13)16-11-5-6-17(8-11)12-2-3-12/h1,4,7,11-12H,2-3,5-6,8-9H2,(H,16,18)/t11-/m0/s1. The van der Waals surface area contributed by atoms with Crippen molar-refractivity contribution in [1.82, 2.24) is 10.2 Å². The summed E-state index contributed by atoms with van der Waals surface area (Å²) >= 11 is 0. The van der Waals surface area contributed by atoms with Crippen LogP contribution in [-0.4, -0.2) is 42.8 Å². The summed E-state index contributed by atoms with van der Waals surface area (Å²) in [5, 5.41) is 3.12. The van der Waals surface area contributed by atoms with Crippen molar-refractivity contribution in [3.8, 4) is 11.5 Å². The van der Waals surface area contributed by atoms with Crippen molar-refractivity contribution in [2.45, 2.75) is 31.3 Å². The Labute approximate surface area is 117 Å². The van der Waals surface area contributed by atoms with Gasteiger partial charge in [-0.1, -0.05) is 0 Å². The number of hydrogen-bond acceptors (Lipinski definition) is 4. The SMILES string of the molecule is O=C(N[C@H]1CCN(C2CC2)C1)c1ccc2c(c1)OCO2. The average Bonchev–Trinajstić information content (AvgIpc) is 3.02. The normalized spacial score (nSPS) is 24.9. The molecule has 2 heterocycles. The molecule has 1 saturated carbocycles. The second-order valence-electron chi connectivity index (χ2n) is 5.75. The zero-order valence-corrected chi connectivity index (χ0v) is 11.3. The number of carbonyl (C=O) groups is 1. The molecule has 1 N–H and O–H groups in total. The third-order valence-corrected chi connectivity index (χ3v) is 4.25. The van der Waals surface area contributed by atoms with Gasteiger partial charge in [0.05, 0.1) is 0 Å². The van der Waals surface area contributed by atoms with Crippen LogP contribution in [0.5, 0.6) is 11.5 Å². The lowest BCUT2D eigenvalue weighted by atomic mass is 10.1. The quantitative estimate of drug-likeness (QED) is 0.905. The number of hydrogen-bond donors (Lipinski definition) is 1. The highest BCUT2D eigenvalue weighted by molar-refractivity contribution is 5.95. The molecule has 0 unspecified atom stereocenters. The molecule has 2 fully saturated rings. The molecule has 3 aliphatic rings. The van der Waals surface area contributed by atoms with Crippen LogP contribution < -0.4 is 14.8 Å². The Morgan fingerprint density at radius 3 is 2.90 bits per heavy atom. The second-order valence-corrected chi connectivity index (χ2v) is 5.75. The number of nitrogens with zero attached hydrogens (tertiary/aromatic N) is 1. The average molecular weight is 274 g/mol. The molecule has 1 saturated heterocycles. The van der Waals surface area contributed by atoms with Crippen LogP contribution in [0.2, 0.25) is 0 Å². The maximum Gasteiger partial charge on any atom is 0.251 e. The third-order valence-electron chi connectivity index (χ3n) is 4.25. The van der Waals surface area contributed by atoms with Crippen LogP contribution in [0.3, 0.4) is 0 Å². The summed E-state index contributed by atoms with van der Waals surface area (Å²) in [5.74, 6) is 1.34. The van der Waals surface area contributed by atoms with Gasteiger partial charge in [0.1, 0.15) is 0 Å². The van der Waals surface area contributed by atoms with Crippen LogP contribution >= 0.6 is 0 Å². The number of amides is 1. The largest absolute Gasteiger partial charge is 0.454 e. The molecule has 2 aliphatic heterocycles. The Morgan fingerprint density at radius 1 is 1.20 bits per heavy atom. The van der Waals surface area contributed by atoms with Gasteiger partial charge in [-0.05, 0) is 37.5 Å². The Kier molecular flexibility index (Phi) is 2.80. The summed E-state index contributed by atoms with van der Waals surface area (Å²) in [4.78, 5) is 14.8. The Bertz CT molecular complexity index is 542. The van der Waals surface area contributed by atoms with Crippen LogP contribution in [0.15, 0.2) is 18.2 Å². The van der Waals surface area contributed by atoms with E-state index in [0.717, 1.165) is 25.6 Å². The maximum absolute atomic E-state index is 12.3. The first-order chi connectivity index (χ1) is 9.79. The fourth-order valence-corrected chi connectivity index (χ4v) is 2.98. The minimum atomic E-state index is -0.0223. The van der Waals surface area contributed by atoms with Gasteiger partial charge in [-0.15, -0.1) is 0 Å². The monoisotopic (exact) mass is 274 g/mol. The summed E-state index contributed by atoms with van der Waals surface area (Å²) in [7, 11) is 0. The molecule has 1 aromatic carbocycles. The van der Waals surface area contributed by atoms with Gasteiger partial charge in [0.15, 0.2) is 11.5 Å². The first-order valence-electron chi connectivity index (χ1n) is 7.24. The molecule has 0 radical (unpaired) electrons. The van der Waals surface area contributed by atoms with Crippen molar-refractivity contribution < 1.29 is 14.3 Å². The molecule has 0 aromatic heterocycles. The van der Waals surface area contributed by atoms with E-state index in [-0.39, 0.29) is 18.7 Å². The molecule has 0 spiro atoms. The predicted octanol–water partition coefficient (Wildman–Crippen LogP) is 1.38. The molecule has 20 heavy (non-hydrogen) atoms. The fraction of sp³-hybridized carbons (Fsp3) is 0.533. The topological polar surface area (TPSA) is 50.8 Å². The van der Waals surface area contributed by atoms with Gasteiger partial charge in [0.25, 0.3) is 5.91 Å². The Morgan fingerprint density at radius 2 is 2.05 bits per heavy atom. The Balaban J connectivity index is 1.40. The fourth-order valence-electron chi connectivity index (χ4n) is 2.98. The number of benzene rings is 1. The predicted molar refractivity (Wildman–Crippen MR) is 73.0 cm³/mol. The molecular formula is C15H18N2O3. The number of rotatable bonds is 3. The Hall–Kier alpha value is -1.75. The van der Waals surface area contributed by atoms with Crippen molar-refractivity contribution in [3.63, 3.8) is 0 Å². The van der Waals surface area contributed by atoms with Crippen molar-refractivity contribution in [3.05, 3.63) is 23.8 Å². The van der Waals surface area contributed by atoms with E-state index in [1.807, 2.05) is 0 Å². The zero-order chi connectivity index (χ0) is 13.5. The van der Waals surface area contributed by atoms with Crippen molar-refractivity contribution >= 4 is 5.91 Å². The molecule has 1 aromatic rings. The van der Waals surface area contributed by atoms with Crippen molar-refractivity contribution in [2.75, 3.05) is 19.9 Å². The smallest absolute Gasteiger partial charge is 0.251 e. The van der Waals surface area contributed by atoms with E-state index in [1.165, 1.54) is 12.8 Å². The van der Waals surface area contributed by atoms with Crippen molar-refractivity contribution in [1.29, 1.82) is 0 Å². The molecule has 1 aliphatic carbocycles. The summed E-state index contributed by atoms with van der Waals surface area (Å²) in [5.41, 5.74) is 0.638. The van der Waals surface area contributed by atoms with E-state index in [4.69, 9.17) is 9.47 Å². The number of likely N-dealkylation sites (tertiary alicyclic amines) is 1. The lowest BCUT2D eigenvalue weighted by molar-refractivity contribution is 0.0937. The lowest BCUT2D eigenvalue weighted by Crippen LogP contribution is -2.37. The summed E-state index contributed by atoms with van der Waals surface area (Å²) in [6.45, 7) is 2.33. The van der Waals surface area contributed by atoms with Crippen molar-refractivity contribution in [2.24, 2.45) is 0 Å². The second kappa shape index (κ2) is 4.66. The molecular weight excluding hydrogens is 256 g/mol. The van der Waals surface area contributed by atoms with Crippen LogP contribution in [0.25, 0.3) is 0 Å².